The Bertz CT molecular complexity index is 653. The van der Waals surface area contributed by atoms with Crippen molar-refractivity contribution in [3.05, 3.63) is 63.7 Å². The van der Waals surface area contributed by atoms with Crippen LogP contribution in [-0.2, 0) is 11.3 Å². The smallest absolute Gasteiger partial charge is 0.340 e. The van der Waals surface area contributed by atoms with Crippen LogP contribution >= 0.6 is 11.6 Å². The minimum absolute atomic E-state index is 0.130. The summed E-state index contributed by atoms with van der Waals surface area (Å²) in [6, 6.07) is 10.9. The summed E-state index contributed by atoms with van der Waals surface area (Å²) in [7, 11) is 0. The number of halogens is 1. The number of esters is 1. The maximum atomic E-state index is 12.0. The van der Waals surface area contributed by atoms with Gasteiger partial charge in [-0.2, -0.15) is 0 Å². The summed E-state index contributed by atoms with van der Waals surface area (Å²) in [5.74, 6) is -0.442. The maximum absolute atomic E-state index is 12.0. The van der Waals surface area contributed by atoms with Gasteiger partial charge in [0, 0.05) is 16.3 Å². The van der Waals surface area contributed by atoms with Crippen LogP contribution in [0.5, 0.6) is 0 Å². The summed E-state index contributed by atoms with van der Waals surface area (Å²) in [5, 5.41) is 0.593. The van der Waals surface area contributed by atoms with E-state index in [9.17, 15) is 4.79 Å². The Morgan fingerprint density at radius 3 is 2.70 bits per heavy atom. The van der Waals surface area contributed by atoms with E-state index in [4.69, 9.17) is 22.1 Å². The number of hydrogen-bond donors (Lipinski definition) is 1. The number of benzene rings is 2. The van der Waals surface area contributed by atoms with E-state index in [0.717, 1.165) is 16.7 Å². The van der Waals surface area contributed by atoms with E-state index < -0.39 is 5.97 Å². The minimum atomic E-state index is -0.442. The van der Waals surface area contributed by atoms with Crippen molar-refractivity contribution in [3.63, 3.8) is 0 Å². The second kappa shape index (κ2) is 5.97. The first-order valence-electron chi connectivity index (χ1n) is 6.26. The topological polar surface area (TPSA) is 52.3 Å². The van der Waals surface area contributed by atoms with Gasteiger partial charge in [0.05, 0.1) is 5.56 Å². The van der Waals surface area contributed by atoms with Crippen LogP contribution in [0.3, 0.4) is 0 Å². The molecule has 0 unspecified atom stereocenters. The highest BCUT2D eigenvalue weighted by Crippen LogP contribution is 2.21. The molecule has 0 aliphatic heterocycles. The van der Waals surface area contributed by atoms with Crippen LogP contribution in [0.4, 0.5) is 5.69 Å². The highest BCUT2D eigenvalue weighted by molar-refractivity contribution is 6.31. The van der Waals surface area contributed by atoms with E-state index in [1.165, 1.54) is 0 Å². The number of ether oxygens (including phenoxy) is 1. The van der Waals surface area contributed by atoms with Crippen LogP contribution in [0.2, 0.25) is 5.02 Å². The standard InChI is InChI=1S/C16H16ClNO2/c1-10-6-7-12(14(17)8-10)9-20-16(19)13-5-3-4-11(2)15(13)18/h3-8H,9,18H2,1-2H3. The lowest BCUT2D eigenvalue weighted by atomic mass is 10.1. The Labute approximate surface area is 123 Å². The van der Waals surface area contributed by atoms with E-state index in [-0.39, 0.29) is 6.61 Å². The number of rotatable bonds is 3. The zero-order valence-corrected chi connectivity index (χ0v) is 12.2. The first-order valence-corrected chi connectivity index (χ1v) is 6.64. The zero-order chi connectivity index (χ0) is 14.7. The molecule has 3 nitrogen and oxygen atoms in total. The van der Waals surface area contributed by atoms with Gasteiger partial charge in [0.1, 0.15) is 6.61 Å². The van der Waals surface area contributed by atoms with Gasteiger partial charge < -0.3 is 10.5 Å². The first-order chi connectivity index (χ1) is 9.49. The van der Waals surface area contributed by atoms with Crippen molar-refractivity contribution >= 4 is 23.3 Å². The number of nitrogen functional groups attached to an aromatic ring is 1. The van der Waals surface area contributed by atoms with E-state index in [1.807, 2.05) is 38.1 Å². The predicted octanol–water partition coefficient (Wildman–Crippen LogP) is 3.90. The largest absolute Gasteiger partial charge is 0.457 e. The van der Waals surface area contributed by atoms with Crippen LogP contribution in [0.25, 0.3) is 0 Å². The van der Waals surface area contributed by atoms with Crippen molar-refractivity contribution in [1.29, 1.82) is 0 Å². The maximum Gasteiger partial charge on any atom is 0.340 e. The van der Waals surface area contributed by atoms with E-state index in [2.05, 4.69) is 0 Å². The third-order valence-corrected chi connectivity index (χ3v) is 3.46. The Morgan fingerprint density at radius 1 is 1.25 bits per heavy atom. The van der Waals surface area contributed by atoms with Crippen molar-refractivity contribution in [2.45, 2.75) is 20.5 Å². The number of para-hydroxylation sites is 1. The molecule has 2 N–H and O–H groups in total. The third kappa shape index (κ3) is 3.11. The van der Waals surface area contributed by atoms with Crippen LogP contribution in [-0.4, -0.2) is 5.97 Å². The van der Waals surface area contributed by atoms with Crippen LogP contribution in [0.1, 0.15) is 27.0 Å². The Morgan fingerprint density at radius 2 is 2.00 bits per heavy atom. The molecule has 0 heterocycles. The van der Waals surface area contributed by atoms with Crippen molar-refractivity contribution in [2.24, 2.45) is 0 Å². The summed E-state index contributed by atoms with van der Waals surface area (Å²) in [6.07, 6.45) is 0. The van der Waals surface area contributed by atoms with Gasteiger partial charge in [0.25, 0.3) is 0 Å². The molecular formula is C16H16ClNO2. The van der Waals surface area contributed by atoms with Crippen LogP contribution in [0, 0.1) is 13.8 Å². The SMILES string of the molecule is Cc1ccc(COC(=O)c2cccc(C)c2N)c(Cl)c1. The Hall–Kier alpha value is -2.00. The second-order valence-corrected chi connectivity index (χ2v) is 5.11. The predicted molar refractivity (Wildman–Crippen MR) is 80.9 cm³/mol. The molecule has 20 heavy (non-hydrogen) atoms. The van der Waals surface area contributed by atoms with Crippen molar-refractivity contribution in [1.82, 2.24) is 0 Å². The number of nitrogens with two attached hydrogens (primary N) is 1. The molecule has 0 amide bonds. The molecule has 0 atom stereocenters. The first kappa shape index (κ1) is 14.4. The molecule has 0 saturated carbocycles. The average Bonchev–Trinajstić information content (AvgIpc) is 2.40. The Balaban J connectivity index is 2.11. The molecule has 2 aromatic carbocycles. The van der Waals surface area contributed by atoms with Crippen molar-refractivity contribution in [2.75, 3.05) is 5.73 Å². The monoisotopic (exact) mass is 289 g/mol. The molecule has 4 heteroatoms. The molecule has 0 aliphatic rings. The van der Waals surface area contributed by atoms with Crippen LogP contribution < -0.4 is 5.73 Å². The minimum Gasteiger partial charge on any atom is -0.457 e. The molecule has 0 spiro atoms. The van der Waals surface area contributed by atoms with Crippen molar-refractivity contribution < 1.29 is 9.53 Å². The summed E-state index contributed by atoms with van der Waals surface area (Å²) in [5.41, 5.74) is 9.40. The fourth-order valence-corrected chi connectivity index (χ4v) is 2.14. The fraction of sp³-hybridized carbons (Fsp3) is 0.188. The highest BCUT2D eigenvalue weighted by Gasteiger charge is 2.13. The molecular weight excluding hydrogens is 274 g/mol. The van der Waals surface area contributed by atoms with Gasteiger partial charge in [-0.3, -0.25) is 0 Å². The molecule has 0 radical (unpaired) electrons. The number of carbonyl (C=O) groups is 1. The fourth-order valence-electron chi connectivity index (χ4n) is 1.85. The third-order valence-electron chi connectivity index (χ3n) is 3.11. The molecule has 0 fully saturated rings. The van der Waals surface area contributed by atoms with Crippen LogP contribution in [0.15, 0.2) is 36.4 Å². The molecule has 2 rings (SSSR count). The highest BCUT2D eigenvalue weighted by atomic mass is 35.5. The summed E-state index contributed by atoms with van der Waals surface area (Å²) in [4.78, 5) is 12.0. The normalized spacial score (nSPS) is 10.3. The molecule has 0 aliphatic carbocycles. The number of carbonyl (C=O) groups excluding carboxylic acids is 1. The van der Waals surface area contributed by atoms with Gasteiger partial charge in [0.15, 0.2) is 0 Å². The zero-order valence-electron chi connectivity index (χ0n) is 11.4. The molecule has 0 saturated heterocycles. The van der Waals surface area contributed by atoms with Gasteiger partial charge in [-0.15, -0.1) is 0 Å². The summed E-state index contributed by atoms with van der Waals surface area (Å²) >= 11 is 6.10. The molecule has 2 aromatic rings. The van der Waals surface area contributed by atoms with Gasteiger partial charge in [-0.25, -0.2) is 4.79 Å². The summed E-state index contributed by atoms with van der Waals surface area (Å²) < 4.78 is 5.27. The lowest BCUT2D eigenvalue weighted by Crippen LogP contribution is -2.09. The second-order valence-electron chi connectivity index (χ2n) is 4.71. The van der Waals surface area contributed by atoms with E-state index >= 15 is 0 Å². The summed E-state index contributed by atoms with van der Waals surface area (Å²) in [6.45, 7) is 3.93. The van der Waals surface area contributed by atoms with Gasteiger partial charge in [-0.1, -0.05) is 35.9 Å². The lowest BCUT2D eigenvalue weighted by Gasteiger charge is -2.10. The lowest BCUT2D eigenvalue weighted by molar-refractivity contribution is 0.0474. The molecule has 104 valence electrons. The number of anilines is 1. The average molecular weight is 290 g/mol. The van der Waals surface area contributed by atoms with E-state index in [0.29, 0.717) is 16.3 Å². The molecule has 0 aromatic heterocycles. The number of aryl methyl sites for hydroxylation is 2. The van der Waals surface area contributed by atoms with E-state index in [1.54, 1.807) is 12.1 Å². The quantitative estimate of drug-likeness (QED) is 0.689. The van der Waals surface area contributed by atoms with Gasteiger partial charge >= 0.3 is 5.97 Å². The van der Waals surface area contributed by atoms with Gasteiger partial charge in [0.2, 0.25) is 0 Å². The molecule has 0 bridgehead atoms. The Kier molecular flexibility index (Phi) is 4.30. The van der Waals surface area contributed by atoms with Crippen molar-refractivity contribution in [3.8, 4) is 0 Å². The number of hydrogen-bond acceptors (Lipinski definition) is 3. The van der Waals surface area contributed by atoms with Gasteiger partial charge in [-0.05, 0) is 37.1 Å².